The zero-order valence-corrected chi connectivity index (χ0v) is 57.6. The molecule has 0 aliphatic heterocycles. The van der Waals surface area contributed by atoms with Gasteiger partial charge in [0.15, 0.2) is 12.4 Å². The molecule has 0 spiro atoms. The van der Waals surface area contributed by atoms with E-state index in [0.29, 0.717) is 23.9 Å². The number of carbonyl (C=O) groups excluding carboxylic acids is 3. The van der Waals surface area contributed by atoms with Crippen LogP contribution < -0.4 is 5.11 Å². The van der Waals surface area contributed by atoms with Crippen molar-refractivity contribution in [1.82, 2.24) is 0 Å². The highest BCUT2D eigenvalue weighted by Crippen LogP contribution is 2.14. The van der Waals surface area contributed by atoms with Gasteiger partial charge in [-0.25, -0.2) is 0 Å². The van der Waals surface area contributed by atoms with Crippen molar-refractivity contribution >= 4 is 17.9 Å². The van der Waals surface area contributed by atoms with Crippen molar-refractivity contribution in [1.29, 1.82) is 0 Å². The molecule has 0 heterocycles. The Labute approximate surface area is 556 Å². The fourth-order valence-corrected chi connectivity index (χ4v) is 8.46. The molecule has 0 amide bonds. The Morgan fingerprint density at radius 1 is 0.330 bits per heavy atom. The third kappa shape index (κ3) is 70.9. The Kier molecular flexibility index (Phi) is 64.6. The minimum atomic E-state index is -1.65. The average molecular weight is 1250 g/mol. The fourth-order valence-electron chi connectivity index (χ4n) is 8.46. The van der Waals surface area contributed by atoms with Gasteiger partial charge in [0.1, 0.15) is 13.2 Å². The molecule has 0 rings (SSSR count). The number of esters is 2. The first-order valence-electron chi connectivity index (χ1n) is 34.9. The Morgan fingerprint density at radius 3 is 0.901 bits per heavy atom. The van der Waals surface area contributed by atoms with Crippen LogP contribution in [0.15, 0.2) is 219 Å². The molecule has 506 valence electrons. The zero-order chi connectivity index (χ0) is 66.1. The number of unbranched alkanes of at least 4 members (excludes halogenated alkanes) is 10. The first-order chi connectivity index (χ1) is 44.6. The molecule has 0 radical (unpaired) electrons. The molecule has 0 saturated carbocycles. The van der Waals surface area contributed by atoms with E-state index in [9.17, 15) is 19.5 Å². The number of ether oxygens (including phenoxy) is 4. The summed E-state index contributed by atoms with van der Waals surface area (Å²) in [4.78, 5) is 37.5. The molecule has 0 aromatic carbocycles. The molecule has 0 aromatic rings. The molecule has 9 heteroatoms. The molecule has 0 aliphatic carbocycles. The summed E-state index contributed by atoms with van der Waals surface area (Å²) < 4.78 is 22.7. The van der Waals surface area contributed by atoms with E-state index in [2.05, 4.69) is 233 Å². The van der Waals surface area contributed by atoms with Crippen LogP contribution in [0.2, 0.25) is 0 Å². The minimum absolute atomic E-state index is 0.126. The number of carboxylic acids is 1. The van der Waals surface area contributed by atoms with Gasteiger partial charge in [-0.3, -0.25) is 9.59 Å². The van der Waals surface area contributed by atoms with Crippen molar-refractivity contribution in [2.75, 3.05) is 47.5 Å². The maximum absolute atomic E-state index is 12.9. The molecular weight excluding hydrogens is 1130 g/mol. The van der Waals surface area contributed by atoms with Crippen LogP contribution in [0, 0.1) is 0 Å². The largest absolute Gasteiger partial charge is 0.545 e. The summed E-state index contributed by atoms with van der Waals surface area (Å²) in [5, 5.41) is 11.8. The number of carboxylic acid groups (broad SMARTS) is 1. The molecule has 0 aliphatic rings. The Hall–Kier alpha value is -6.39. The second-order valence-corrected chi connectivity index (χ2v) is 23.3. The Balaban J connectivity index is 4.30. The van der Waals surface area contributed by atoms with Gasteiger partial charge in [-0.1, -0.05) is 271 Å². The number of hydrogen-bond donors (Lipinski definition) is 0. The molecule has 9 nitrogen and oxygen atoms in total. The molecule has 0 N–H and O–H groups in total. The quantitative estimate of drug-likeness (QED) is 0.0195. The van der Waals surface area contributed by atoms with Crippen LogP contribution in [0.5, 0.6) is 0 Å². The van der Waals surface area contributed by atoms with Gasteiger partial charge in [0.25, 0.3) is 0 Å². The van der Waals surface area contributed by atoms with E-state index in [0.717, 1.165) is 154 Å². The van der Waals surface area contributed by atoms with E-state index >= 15 is 0 Å². The van der Waals surface area contributed by atoms with E-state index in [-0.39, 0.29) is 32.7 Å². The lowest BCUT2D eigenvalue weighted by molar-refractivity contribution is -0.870. The van der Waals surface area contributed by atoms with Crippen LogP contribution in [-0.2, 0) is 33.3 Å². The van der Waals surface area contributed by atoms with Crippen LogP contribution in [-0.4, -0.2) is 82.3 Å². The predicted molar refractivity (Wildman–Crippen MR) is 388 cm³/mol. The van der Waals surface area contributed by atoms with E-state index in [1.807, 2.05) is 21.1 Å². The highest BCUT2D eigenvalue weighted by atomic mass is 16.7. The normalized spacial score (nSPS) is 14.1. The lowest BCUT2D eigenvalue weighted by Gasteiger charge is -2.26. The first-order valence-corrected chi connectivity index (χ1v) is 34.9. The third-order valence-electron chi connectivity index (χ3n) is 13.7. The van der Waals surface area contributed by atoms with Crippen molar-refractivity contribution in [3.05, 3.63) is 219 Å². The van der Waals surface area contributed by atoms with Gasteiger partial charge in [-0.05, 0) is 154 Å². The zero-order valence-electron chi connectivity index (χ0n) is 57.6. The summed E-state index contributed by atoms with van der Waals surface area (Å²) in [7, 11) is 5.89. The number of aliphatic carboxylic acids is 1. The SMILES string of the molecule is CC/C=C\C/C=C\C/C=C\C/C=C\C/C=C\C/C=C\C/C=C\C/C=C\C/C=C\C/C=C\CCCCCCCCCCC(=O)OC(COC(=O)CCCC/C=C\C/C=C\C/C=C\C/C=C\C/C=C\C/C=C\C/C=C\C/C=C\CC)COC(OCC[N+](C)(C)C)C(=O)[O-]. The van der Waals surface area contributed by atoms with Gasteiger partial charge in [0.05, 0.1) is 40.3 Å². The minimum Gasteiger partial charge on any atom is -0.545 e. The van der Waals surface area contributed by atoms with Crippen molar-refractivity contribution in [3.8, 4) is 0 Å². The van der Waals surface area contributed by atoms with Gasteiger partial charge in [0, 0.05) is 12.8 Å². The fraction of sp³-hybridized carbons (Fsp3) is 0.524. The number of quaternary nitrogens is 1. The highest BCUT2D eigenvalue weighted by molar-refractivity contribution is 5.70. The monoisotopic (exact) mass is 1250 g/mol. The van der Waals surface area contributed by atoms with E-state index in [4.69, 9.17) is 18.9 Å². The summed E-state index contributed by atoms with van der Waals surface area (Å²) in [5.41, 5.74) is 0. The maximum Gasteiger partial charge on any atom is 0.306 e. The van der Waals surface area contributed by atoms with Crippen molar-refractivity contribution < 1.29 is 42.9 Å². The molecular formula is C82H125NO8. The van der Waals surface area contributed by atoms with Gasteiger partial charge in [-0.2, -0.15) is 0 Å². The number of nitrogens with zero attached hydrogens (tertiary/aromatic N) is 1. The highest BCUT2D eigenvalue weighted by Gasteiger charge is 2.22. The van der Waals surface area contributed by atoms with Crippen LogP contribution in [0.4, 0.5) is 0 Å². The first kappa shape index (κ1) is 84.6. The predicted octanol–water partition coefficient (Wildman–Crippen LogP) is 20.8. The van der Waals surface area contributed by atoms with Gasteiger partial charge in [0.2, 0.25) is 0 Å². The molecule has 0 bridgehead atoms. The number of allylic oxidation sites excluding steroid dienone is 36. The number of carbonyl (C=O) groups is 3. The Morgan fingerprint density at radius 2 is 0.593 bits per heavy atom. The average Bonchev–Trinajstić information content (AvgIpc) is 3.46. The third-order valence-corrected chi connectivity index (χ3v) is 13.7. The van der Waals surface area contributed by atoms with Crippen LogP contribution in [0.1, 0.15) is 219 Å². The van der Waals surface area contributed by atoms with Gasteiger partial charge < -0.3 is 33.3 Å². The summed E-state index contributed by atoms with van der Waals surface area (Å²) in [6.45, 7) is 4.42. The smallest absolute Gasteiger partial charge is 0.306 e. The molecule has 0 aromatic heterocycles. The van der Waals surface area contributed by atoms with E-state index in [1.165, 1.54) is 25.7 Å². The molecule has 2 unspecified atom stereocenters. The van der Waals surface area contributed by atoms with Crippen molar-refractivity contribution in [2.45, 2.75) is 232 Å². The summed E-state index contributed by atoms with van der Waals surface area (Å²) in [5.74, 6) is -2.38. The molecule has 0 saturated heterocycles. The summed E-state index contributed by atoms with van der Waals surface area (Å²) in [6.07, 6.45) is 107. The Bertz CT molecular complexity index is 2300. The van der Waals surface area contributed by atoms with E-state index in [1.54, 1.807) is 0 Å². The van der Waals surface area contributed by atoms with Crippen molar-refractivity contribution in [2.24, 2.45) is 0 Å². The number of rotatable bonds is 61. The van der Waals surface area contributed by atoms with Gasteiger partial charge in [-0.15, -0.1) is 0 Å². The molecule has 91 heavy (non-hydrogen) atoms. The van der Waals surface area contributed by atoms with Crippen LogP contribution in [0.25, 0.3) is 0 Å². The topological polar surface area (TPSA) is 111 Å². The summed E-state index contributed by atoms with van der Waals surface area (Å²) in [6, 6.07) is 0. The lowest BCUT2D eigenvalue weighted by Crippen LogP contribution is -2.44. The number of hydrogen-bond acceptors (Lipinski definition) is 8. The van der Waals surface area contributed by atoms with Gasteiger partial charge >= 0.3 is 11.9 Å². The second kappa shape index (κ2) is 69.5. The van der Waals surface area contributed by atoms with Crippen LogP contribution in [0.3, 0.4) is 0 Å². The van der Waals surface area contributed by atoms with Crippen LogP contribution >= 0.6 is 0 Å². The second-order valence-electron chi connectivity index (χ2n) is 23.3. The maximum atomic E-state index is 12.9. The van der Waals surface area contributed by atoms with E-state index < -0.39 is 30.3 Å². The molecule has 0 fully saturated rings. The molecule has 2 atom stereocenters. The summed E-state index contributed by atoms with van der Waals surface area (Å²) >= 11 is 0. The lowest BCUT2D eigenvalue weighted by atomic mass is 10.1. The van der Waals surface area contributed by atoms with Crippen molar-refractivity contribution in [3.63, 3.8) is 0 Å². The standard InChI is InChI=1S/C82H125NO8/c1-6-8-10-12-14-16-18-20-22-24-26-28-30-32-34-35-36-37-38-39-40-41-42-43-44-45-47-49-51-53-55-57-59-61-63-65-67-69-71-73-80(85)91-78(77-90-82(81(86)87)88-75-74-83(3,4)5)76-89-79(84)72-70-68-66-64-62-60-58-56-54-52-50-48-46-33-31-29-27-25-23-21-19-17-15-13-11-9-7-2/h8-11,14-17,20-23,26-29,32-34,36-37,39-40,42-43,45-47,50-53,56,58,62,64,78,82H,6-7,12-13,18-19,24-25,30-31,35,38,41,44,48-49,54-55,57,59-61,63,65-77H2,1-5H3/b10-8-,11-9-,16-14-,17-15-,22-20-,23-21-,28-26-,29-27-,34-32-,37-36-,40-39-,43-42-,46-33-,47-45-,52-50-,53-51-,58-56-,64-62-. The number of likely N-dealkylation sites (N-methyl/N-ethyl adjacent to an activating group) is 1.